The molecule has 39 heavy (non-hydrogen) atoms. The monoisotopic (exact) mass is 558 g/mol. The minimum atomic E-state index is -2.78. The number of hydrogen-bond acceptors (Lipinski definition) is 7. The van der Waals surface area contributed by atoms with Gasteiger partial charge in [-0.05, 0) is 35.5 Å². The molecule has 0 unspecified atom stereocenters. The van der Waals surface area contributed by atoms with E-state index in [0.717, 1.165) is 0 Å². The summed E-state index contributed by atoms with van der Waals surface area (Å²) in [5.74, 6) is -1.57. The van der Waals surface area contributed by atoms with E-state index in [2.05, 4.69) is 46.5 Å². The van der Waals surface area contributed by atoms with Crippen LogP contribution >= 0.6 is 0 Å². The standard InChI is InChI=1S/C29H42N2O7Si/c1-18(2)39(19(3)4,20(5)6)38-29(22-13-11-10-12-14-22)16-23(31-17-21(7)24(32)30-27(31)35)15-28(29,25(33)36-8)26(34)37-9/h10-14,17-20,23H,15-16H2,1-9H3,(H,30,32,35)/t23-,29-/m0/s1. The van der Waals surface area contributed by atoms with Gasteiger partial charge in [-0.25, -0.2) is 4.79 Å². The maximum atomic E-state index is 14.0. The maximum absolute atomic E-state index is 14.0. The highest BCUT2D eigenvalue weighted by Crippen LogP contribution is 2.63. The van der Waals surface area contributed by atoms with Crippen LogP contribution in [0.5, 0.6) is 0 Å². The first-order valence-electron chi connectivity index (χ1n) is 13.5. The van der Waals surface area contributed by atoms with Gasteiger partial charge in [-0.2, -0.15) is 0 Å². The van der Waals surface area contributed by atoms with Gasteiger partial charge in [0.1, 0.15) is 5.60 Å². The number of benzene rings is 1. The number of rotatable bonds is 9. The number of carbonyl (C=O) groups is 2. The number of carbonyl (C=O) groups excluding carboxylic acids is 2. The van der Waals surface area contributed by atoms with E-state index in [1.54, 1.807) is 6.92 Å². The van der Waals surface area contributed by atoms with E-state index >= 15 is 0 Å². The normalized spacial score (nSPS) is 21.0. The van der Waals surface area contributed by atoms with Crippen LogP contribution in [0.2, 0.25) is 16.6 Å². The zero-order valence-electron chi connectivity index (χ0n) is 24.5. The van der Waals surface area contributed by atoms with Crippen molar-refractivity contribution in [2.45, 2.75) is 89.6 Å². The fourth-order valence-corrected chi connectivity index (χ4v) is 12.7. The molecule has 1 aliphatic carbocycles. The van der Waals surface area contributed by atoms with E-state index in [1.807, 2.05) is 30.3 Å². The lowest BCUT2D eigenvalue weighted by Gasteiger charge is -2.52. The van der Waals surface area contributed by atoms with Gasteiger partial charge in [0.15, 0.2) is 5.41 Å². The molecule has 0 amide bonds. The largest absolute Gasteiger partial charge is 0.468 e. The molecule has 9 nitrogen and oxygen atoms in total. The number of H-pyrrole nitrogens is 1. The Bertz CT molecular complexity index is 1280. The molecule has 0 saturated heterocycles. The van der Waals surface area contributed by atoms with Crippen molar-refractivity contribution < 1.29 is 23.5 Å². The Morgan fingerprint density at radius 3 is 1.90 bits per heavy atom. The summed E-state index contributed by atoms with van der Waals surface area (Å²) in [6, 6.07) is 8.56. The average molecular weight is 559 g/mol. The number of nitrogens with one attached hydrogen (secondary N) is 1. The zero-order valence-corrected chi connectivity index (χ0v) is 25.5. The van der Waals surface area contributed by atoms with Gasteiger partial charge >= 0.3 is 17.6 Å². The summed E-state index contributed by atoms with van der Waals surface area (Å²) >= 11 is 0. The average Bonchev–Trinajstić information content (AvgIpc) is 3.24. The molecular weight excluding hydrogens is 516 g/mol. The Labute approximate surface area is 231 Å². The van der Waals surface area contributed by atoms with Gasteiger partial charge in [0, 0.05) is 24.2 Å². The zero-order chi connectivity index (χ0) is 29.3. The molecule has 214 valence electrons. The van der Waals surface area contributed by atoms with E-state index in [4.69, 9.17) is 13.9 Å². The molecule has 1 aliphatic rings. The first kappa shape index (κ1) is 30.6. The second-order valence-corrected chi connectivity index (χ2v) is 16.9. The number of methoxy groups -OCH3 is 2. The van der Waals surface area contributed by atoms with Crippen LogP contribution in [0.1, 0.15) is 71.6 Å². The van der Waals surface area contributed by atoms with Crippen molar-refractivity contribution in [2.75, 3.05) is 14.2 Å². The number of aromatic nitrogens is 2. The molecule has 0 bridgehead atoms. The first-order valence-corrected chi connectivity index (χ1v) is 15.6. The van der Waals surface area contributed by atoms with Gasteiger partial charge in [0.25, 0.3) is 5.56 Å². The summed E-state index contributed by atoms with van der Waals surface area (Å²) in [7, 11) is -0.297. The fourth-order valence-electron chi connectivity index (χ4n) is 6.99. The molecule has 10 heteroatoms. The molecule has 2 aromatic rings. The Hall–Kier alpha value is -2.98. The molecule has 2 atom stereocenters. The van der Waals surface area contributed by atoms with E-state index < -0.39 is 48.6 Å². The fraction of sp³-hybridized carbons (Fsp3) is 0.586. The SMILES string of the molecule is COC(=O)C1(C(=O)OC)C[C@H](n2cc(C)c(=O)[nH]c2=O)C[C@]1(O[Si](C(C)C)(C(C)C)C(C)C)c1ccccc1. The molecule has 0 radical (unpaired) electrons. The third-order valence-electron chi connectivity index (χ3n) is 8.66. The predicted octanol–water partition coefficient (Wildman–Crippen LogP) is 4.60. The van der Waals surface area contributed by atoms with Crippen molar-refractivity contribution in [2.24, 2.45) is 5.41 Å². The Morgan fingerprint density at radius 1 is 0.923 bits per heavy atom. The third-order valence-corrected chi connectivity index (χ3v) is 14.8. The van der Waals surface area contributed by atoms with Crippen LogP contribution in [0.4, 0.5) is 0 Å². The number of nitrogens with zero attached hydrogens (tertiary/aromatic N) is 1. The van der Waals surface area contributed by atoms with E-state index in [9.17, 15) is 19.2 Å². The summed E-state index contributed by atoms with van der Waals surface area (Å²) in [5.41, 5.74) is -3.17. The van der Waals surface area contributed by atoms with Gasteiger partial charge < -0.3 is 13.9 Å². The summed E-state index contributed by atoms with van der Waals surface area (Å²) in [6.45, 7) is 14.4. The van der Waals surface area contributed by atoms with Crippen molar-refractivity contribution in [3.05, 3.63) is 68.5 Å². The maximum Gasteiger partial charge on any atom is 0.328 e. The van der Waals surface area contributed by atoms with Crippen LogP contribution < -0.4 is 11.2 Å². The topological polar surface area (TPSA) is 117 Å². The number of hydrogen-bond donors (Lipinski definition) is 1. The van der Waals surface area contributed by atoms with Gasteiger partial charge in [-0.1, -0.05) is 71.9 Å². The van der Waals surface area contributed by atoms with Crippen molar-refractivity contribution in [1.29, 1.82) is 0 Å². The van der Waals surface area contributed by atoms with Crippen LogP contribution in [0.3, 0.4) is 0 Å². The Morgan fingerprint density at radius 2 is 1.44 bits per heavy atom. The summed E-state index contributed by atoms with van der Waals surface area (Å²) in [4.78, 5) is 55.5. The highest BCUT2D eigenvalue weighted by atomic mass is 28.4. The van der Waals surface area contributed by atoms with Crippen LogP contribution in [0.25, 0.3) is 0 Å². The molecular formula is C29H42N2O7Si. The second kappa shape index (κ2) is 11.2. The van der Waals surface area contributed by atoms with Crippen LogP contribution in [0, 0.1) is 12.3 Å². The highest BCUT2D eigenvalue weighted by Gasteiger charge is 2.73. The first-order chi connectivity index (χ1) is 18.2. The number of ether oxygens (including phenoxy) is 2. The van der Waals surface area contributed by atoms with E-state index in [-0.39, 0.29) is 29.5 Å². The molecule has 1 N–H and O–H groups in total. The number of aromatic amines is 1. The minimum Gasteiger partial charge on any atom is -0.468 e. The molecule has 0 aliphatic heterocycles. The third kappa shape index (κ3) is 4.71. The Balaban J connectivity index is 2.50. The summed E-state index contributed by atoms with van der Waals surface area (Å²) in [6.07, 6.45) is 1.49. The van der Waals surface area contributed by atoms with Gasteiger partial charge in [-0.3, -0.25) is 23.9 Å². The molecule has 1 fully saturated rings. The van der Waals surface area contributed by atoms with Crippen LogP contribution in [0.15, 0.2) is 46.1 Å². The molecule has 1 aromatic carbocycles. The lowest BCUT2D eigenvalue weighted by Crippen LogP contribution is -2.62. The number of aryl methyl sites for hydroxylation is 1. The lowest BCUT2D eigenvalue weighted by atomic mass is 9.70. The van der Waals surface area contributed by atoms with E-state index in [1.165, 1.54) is 25.0 Å². The van der Waals surface area contributed by atoms with Crippen LogP contribution in [-0.2, 0) is 29.1 Å². The summed E-state index contributed by atoms with van der Waals surface area (Å²) < 4.78 is 19.6. The van der Waals surface area contributed by atoms with Gasteiger partial charge in [-0.15, -0.1) is 0 Å². The highest BCUT2D eigenvalue weighted by molar-refractivity contribution is 6.77. The predicted molar refractivity (Wildman–Crippen MR) is 151 cm³/mol. The molecule has 1 heterocycles. The van der Waals surface area contributed by atoms with Crippen molar-refractivity contribution in [3.63, 3.8) is 0 Å². The van der Waals surface area contributed by atoms with Gasteiger partial charge in [0.05, 0.1) is 14.2 Å². The van der Waals surface area contributed by atoms with Crippen molar-refractivity contribution in [1.82, 2.24) is 9.55 Å². The molecule has 1 aromatic heterocycles. The van der Waals surface area contributed by atoms with Crippen molar-refractivity contribution in [3.8, 4) is 0 Å². The van der Waals surface area contributed by atoms with Crippen molar-refractivity contribution >= 4 is 20.3 Å². The minimum absolute atomic E-state index is 0.106. The second-order valence-electron chi connectivity index (χ2n) is 11.5. The molecule has 3 rings (SSSR count). The van der Waals surface area contributed by atoms with E-state index in [0.29, 0.717) is 11.1 Å². The molecule has 1 saturated carbocycles. The smallest absolute Gasteiger partial charge is 0.328 e. The quantitative estimate of drug-likeness (QED) is 0.272. The Kier molecular flexibility index (Phi) is 8.81. The summed E-state index contributed by atoms with van der Waals surface area (Å²) in [5, 5.41) is 0. The van der Waals surface area contributed by atoms with Gasteiger partial charge in [0.2, 0.25) is 8.32 Å². The number of esters is 2. The van der Waals surface area contributed by atoms with Crippen LogP contribution in [-0.4, -0.2) is 44.0 Å². The lowest BCUT2D eigenvalue weighted by molar-refractivity contribution is -0.186. The molecule has 0 spiro atoms.